The molecule has 0 spiro atoms. The average Bonchev–Trinajstić information content (AvgIpc) is 2.11. The number of aromatic nitrogens is 1. The van der Waals surface area contributed by atoms with Crippen LogP contribution in [0.3, 0.4) is 0 Å². The minimum Gasteiger partial charge on any atom is -0.383 e. The molecule has 1 aromatic heterocycles. The third-order valence-corrected chi connectivity index (χ3v) is 1.20. The summed E-state index contributed by atoms with van der Waals surface area (Å²) in [6, 6.07) is 0. The molecule has 2 nitrogen and oxygen atoms in total. The Morgan fingerprint density at radius 1 is 2.14 bits per heavy atom. The first kappa shape index (κ1) is 2.13. The summed E-state index contributed by atoms with van der Waals surface area (Å²) in [6.45, 7) is -2.11. The molecule has 38 valence electrons. The Hall–Kier alpha value is -0.570. The maximum Gasteiger partial charge on any atom is 0.134 e. The third-order valence-electron chi connectivity index (χ3n) is 0.522. The predicted molar refractivity (Wildman–Crippen MR) is 31.3 cm³/mol. The third kappa shape index (κ3) is 0.899. The number of aryl methyl sites for hydroxylation is 1. The molecule has 0 aliphatic heterocycles. The van der Waals surface area contributed by atoms with Crippen LogP contribution in [0, 0.1) is 6.85 Å². The molecule has 0 amide bonds. The van der Waals surface area contributed by atoms with Gasteiger partial charge in [0.1, 0.15) is 5.82 Å². The molecule has 0 aliphatic carbocycles. The fraction of sp³-hybridized carbons (Fsp3) is 0.250. The van der Waals surface area contributed by atoms with E-state index in [1.807, 2.05) is 0 Å². The second kappa shape index (κ2) is 1.50. The maximum atomic E-state index is 6.91. The highest BCUT2D eigenvalue weighted by atomic mass is 32.1. The largest absolute Gasteiger partial charge is 0.383 e. The zero-order valence-electron chi connectivity index (χ0n) is 6.51. The van der Waals surface area contributed by atoms with E-state index >= 15 is 0 Å². The predicted octanol–water partition coefficient (Wildman–Crippen LogP) is 1.03. The van der Waals surface area contributed by atoms with Crippen molar-refractivity contribution >= 4 is 17.2 Å². The van der Waals surface area contributed by atoms with E-state index in [-0.39, 0.29) is 10.8 Å². The SMILES string of the molecule is [2H]C([2H])([2H])c1nc(N)cs1. The van der Waals surface area contributed by atoms with Crippen LogP contribution in [-0.2, 0) is 0 Å². The summed E-state index contributed by atoms with van der Waals surface area (Å²) in [5.74, 6) is 0.274. The van der Waals surface area contributed by atoms with E-state index < -0.39 is 6.85 Å². The summed E-state index contributed by atoms with van der Waals surface area (Å²) in [6.07, 6.45) is 0. The summed E-state index contributed by atoms with van der Waals surface area (Å²) < 4.78 is 20.7. The van der Waals surface area contributed by atoms with Gasteiger partial charge in [-0.15, -0.1) is 11.3 Å². The van der Waals surface area contributed by atoms with Gasteiger partial charge in [0.15, 0.2) is 0 Å². The van der Waals surface area contributed by atoms with Crippen LogP contribution in [0.1, 0.15) is 9.12 Å². The van der Waals surface area contributed by atoms with Crippen LogP contribution in [0.4, 0.5) is 5.82 Å². The zero-order chi connectivity index (χ0) is 7.78. The second-order valence-electron chi connectivity index (χ2n) is 1.08. The molecule has 7 heavy (non-hydrogen) atoms. The first-order valence-electron chi connectivity index (χ1n) is 3.21. The smallest absolute Gasteiger partial charge is 0.134 e. The highest BCUT2D eigenvalue weighted by molar-refractivity contribution is 7.09. The number of nitrogen functional groups attached to an aromatic ring is 1. The van der Waals surface area contributed by atoms with Crippen molar-refractivity contribution in [3.05, 3.63) is 10.4 Å². The monoisotopic (exact) mass is 117 g/mol. The first-order valence-corrected chi connectivity index (χ1v) is 2.59. The number of nitrogens with two attached hydrogens (primary N) is 1. The van der Waals surface area contributed by atoms with Gasteiger partial charge in [-0.25, -0.2) is 4.98 Å². The van der Waals surface area contributed by atoms with E-state index in [0.717, 1.165) is 11.3 Å². The molecule has 0 aliphatic rings. The standard InChI is InChI=1S/C4H6N2S/c1-3-6-4(5)2-7-3/h2H,5H2,1H3/i1D3. The molecule has 1 heterocycles. The normalized spacial score (nSPS) is 17.4. The van der Waals surface area contributed by atoms with Crippen molar-refractivity contribution in [3.63, 3.8) is 0 Å². The van der Waals surface area contributed by atoms with Crippen LogP contribution in [0.2, 0.25) is 0 Å². The van der Waals surface area contributed by atoms with Gasteiger partial charge in [-0.3, -0.25) is 0 Å². The van der Waals surface area contributed by atoms with Gasteiger partial charge in [-0.05, 0) is 6.85 Å². The molecule has 0 fully saturated rings. The summed E-state index contributed by atoms with van der Waals surface area (Å²) in [5, 5.41) is 1.62. The number of thiazole rings is 1. The molecule has 2 N–H and O–H groups in total. The topological polar surface area (TPSA) is 38.9 Å². The maximum absolute atomic E-state index is 6.91. The number of hydrogen-bond acceptors (Lipinski definition) is 3. The number of nitrogens with zero attached hydrogens (tertiary/aromatic N) is 1. The van der Waals surface area contributed by atoms with Crippen molar-refractivity contribution in [2.24, 2.45) is 0 Å². The van der Waals surface area contributed by atoms with Gasteiger partial charge in [-0.2, -0.15) is 0 Å². The Morgan fingerprint density at radius 3 is 3.29 bits per heavy atom. The molecule has 0 bridgehead atoms. The molecule has 1 aromatic rings. The first-order chi connectivity index (χ1) is 4.50. The van der Waals surface area contributed by atoms with Crippen molar-refractivity contribution in [1.82, 2.24) is 4.98 Å². The van der Waals surface area contributed by atoms with Crippen LogP contribution in [0.25, 0.3) is 0 Å². The number of anilines is 1. The van der Waals surface area contributed by atoms with Gasteiger partial charge in [0.05, 0.1) is 5.01 Å². The van der Waals surface area contributed by atoms with Crippen molar-refractivity contribution in [3.8, 4) is 0 Å². The average molecular weight is 117 g/mol. The van der Waals surface area contributed by atoms with Gasteiger partial charge < -0.3 is 5.73 Å². The molecule has 0 unspecified atom stereocenters. The van der Waals surface area contributed by atoms with E-state index in [2.05, 4.69) is 4.98 Å². The fourth-order valence-electron chi connectivity index (χ4n) is 0.286. The fourth-order valence-corrected chi connectivity index (χ4v) is 0.729. The Balaban J connectivity index is 2.96. The van der Waals surface area contributed by atoms with Crippen LogP contribution < -0.4 is 5.73 Å². The molecule has 0 radical (unpaired) electrons. The van der Waals surface area contributed by atoms with Crippen LogP contribution in [0.15, 0.2) is 5.38 Å². The quantitative estimate of drug-likeness (QED) is 0.551. The lowest BCUT2D eigenvalue weighted by molar-refractivity contribution is 1.31. The summed E-state index contributed by atoms with van der Waals surface area (Å²) in [4.78, 5) is 3.62. The van der Waals surface area contributed by atoms with E-state index in [4.69, 9.17) is 9.85 Å². The number of rotatable bonds is 0. The molecule has 0 saturated carbocycles. The lowest BCUT2D eigenvalue weighted by atomic mass is 10.8. The Morgan fingerprint density at radius 2 is 3.00 bits per heavy atom. The van der Waals surface area contributed by atoms with Crippen molar-refractivity contribution in [2.75, 3.05) is 5.73 Å². The van der Waals surface area contributed by atoms with Crippen molar-refractivity contribution in [2.45, 2.75) is 6.85 Å². The van der Waals surface area contributed by atoms with Gasteiger partial charge in [0.2, 0.25) is 0 Å². The van der Waals surface area contributed by atoms with Gasteiger partial charge in [0.25, 0.3) is 0 Å². The van der Waals surface area contributed by atoms with E-state index in [1.54, 1.807) is 0 Å². The second-order valence-corrected chi connectivity index (χ2v) is 1.94. The van der Waals surface area contributed by atoms with Crippen LogP contribution in [-0.4, -0.2) is 4.98 Å². The Labute approximate surface area is 50.2 Å². The molecule has 0 saturated heterocycles. The zero-order valence-corrected chi connectivity index (χ0v) is 4.33. The molecule has 0 aromatic carbocycles. The summed E-state index contributed by atoms with van der Waals surface area (Å²) in [5.41, 5.74) is 5.22. The lowest BCUT2D eigenvalue weighted by Gasteiger charge is -1.72. The van der Waals surface area contributed by atoms with Gasteiger partial charge >= 0.3 is 0 Å². The van der Waals surface area contributed by atoms with Crippen molar-refractivity contribution in [1.29, 1.82) is 0 Å². The Bertz CT molecular complexity index is 229. The molecular weight excluding hydrogens is 108 g/mol. The lowest BCUT2D eigenvalue weighted by Crippen LogP contribution is -1.81. The minimum atomic E-state index is -2.11. The van der Waals surface area contributed by atoms with E-state index in [9.17, 15) is 0 Å². The molecular formula is C4H6N2S. The van der Waals surface area contributed by atoms with Crippen LogP contribution >= 0.6 is 11.3 Å². The summed E-state index contributed by atoms with van der Waals surface area (Å²) >= 11 is 1.06. The molecule has 3 heteroatoms. The van der Waals surface area contributed by atoms with E-state index in [0.29, 0.717) is 0 Å². The minimum absolute atomic E-state index is 0.102. The summed E-state index contributed by atoms with van der Waals surface area (Å²) in [7, 11) is 0. The highest BCUT2D eigenvalue weighted by Crippen LogP contribution is 2.07. The van der Waals surface area contributed by atoms with Crippen LogP contribution in [0.5, 0.6) is 0 Å². The number of hydrogen-bond donors (Lipinski definition) is 1. The van der Waals surface area contributed by atoms with Gasteiger partial charge in [-0.1, -0.05) is 0 Å². The molecule has 0 atom stereocenters. The molecule has 1 rings (SSSR count). The van der Waals surface area contributed by atoms with Gasteiger partial charge in [0, 0.05) is 9.49 Å². The van der Waals surface area contributed by atoms with Crippen molar-refractivity contribution < 1.29 is 4.11 Å². The Kier molecular flexibility index (Phi) is 0.457. The highest BCUT2D eigenvalue weighted by Gasteiger charge is 1.86. The van der Waals surface area contributed by atoms with E-state index in [1.165, 1.54) is 5.38 Å².